The molecule has 0 spiro atoms. The molecule has 0 aliphatic rings. The smallest absolute Gasteiger partial charge is 0.276 e. The topological polar surface area (TPSA) is 120 Å². The maximum absolute atomic E-state index is 14.9. The first-order chi connectivity index (χ1) is 16.8. The second kappa shape index (κ2) is 8.75. The quantitative estimate of drug-likeness (QED) is 0.386. The van der Waals surface area contributed by atoms with Gasteiger partial charge in [-0.15, -0.1) is 5.10 Å². The summed E-state index contributed by atoms with van der Waals surface area (Å²) >= 11 is 0. The van der Waals surface area contributed by atoms with Crippen LogP contribution in [-0.2, 0) is 10.0 Å². The molecule has 0 atom stereocenters. The van der Waals surface area contributed by atoms with Crippen LogP contribution < -0.4 is 10.5 Å². The fraction of sp³-hybridized carbons (Fsp3) is 0. The number of fused-ring (bicyclic) bond motifs is 1. The van der Waals surface area contributed by atoms with Gasteiger partial charge in [-0.05, 0) is 46.7 Å². The fourth-order valence-electron chi connectivity index (χ4n) is 3.81. The van der Waals surface area contributed by atoms with Crippen molar-refractivity contribution < 1.29 is 17.6 Å². The van der Waals surface area contributed by atoms with Gasteiger partial charge in [0.05, 0.1) is 22.5 Å². The molecule has 0 unspecified atom stereocenters. The highest BCUT2D eigenvalue weighted by atomic mass is 32.2. The predicted octanol–water partition coefficient (Wildman–Crippen LogP) is 4.13. The summed E-state index contributed by atoms with van der Waals surface area (Å²) in [6.45, 7) is 0. The molecule has 8 nitrogen and oxygen atoms in total. The van der Waals surface area contributed by atoms with Crippen LogP contribution in [0, 0.1) is 5.82 Å². The number of nitrogens with two attached hydrogens (primary N) is 1. The summed E-state index contributed by atoms with van der Waals surface area (Å²) in [5.41, 5.74) is 1.21. The number of sulfonamides is 1. The van der Waals surface area contributed by atoms with Crippen molar-refractivity contribution in [3.05, 3.63) is 103 Å². The zero-order valence-corrected chi connectivity index (χ0v) is 18.9. The Morgan fingerprint density at radius 2 is 1.66 bits per heavy atom. The number of amides is 1. The van der Waals surface area contributed by atoms with E-state index in [0.717, 1.165) is 16.8 Å². The Hall–Kier alpha value is -4.41. The number of primary sulfonamides is 1. The first-order valence-electron chi connectivity index (χ1n) is 10.4. The van der Waals surface area contributed by atoms with E-state index >= 15 is 0 Å². The number of hydrogen-bond donors (Lipinski definition) is 2. The minimum atomic E-state index is -4.01. The van der Waals surface area contributed by atoms with Gasteiger partial charge < -0.3 is 5.32 Å². The third-order valence-corrected chi connectivity index (χ3v) is 6.45. The highest BCUT2D eigenvalue weighted by Gasteiger charge is 2.19. The Labute approximate surface area is 199 Å². The Kier molecular flexibility index (Phi) is 5.59. The van der Waals surface area contributed by atoms with E-state index in [9.17, 15) is 17.6 Å². The predicted molar refractivity (Wildman–Crippen MR) is 130 cm³/mol. The van der Waals surface area contributed by atoms with Crippen LogP contribution in [0.2, 0.25) is 0 Å². The highest BCUT2D eigenvalue weighted by Crippen LogP contribution is 2.29. The maximum atomic E-state index is 14.9. The second-order valence-corrected chi connectivity index (χ2v) is 9.28. The molecule has 0 saturated heterocycles. The number of hydrogen-bond acceptors (Lipinski definition) is 5. The lowest BCUT2D eigenvalue weighted by atomic mass is 10.0. The molecule has 35 heavy (non-hydrogen) atoms. The Balaban J connectivity index is 1.44. The van der Waals surface area contributed by atoms with E-state index in [4.69, 9.17) is 5.14 Å². The number of nitrogens with zero attached hydrogens (tertiary/aromatic N) is 3. The van der Waals surface area contributed by atoms with Crippen LogP contribution in [0.25, 0.3) is 27.6 Å². The number of carbonyl (C=O) groups excluding carboxylic acids is 1. The van der Waals surface area contributed by atoms with Crippen molar-refractivity contribution in [3.63, 3.8) is 0 Å². The summed E-state index contributed by atoms with van der Waals surface area (Å²) in [6.07, 6.45) is 1.29. The summed E-state index contributed by atoms with van der Waals surface area (Å²) < 4.78 is 40.1. The molecule has 0 fully saturated rings. The van der Waals surface area contributed by atoms with Crippen LogP contribution in [0.15, 0.2) is 96.0 Å². The minimum absolute atomic E-state index is 0.0851. The van der Waals surface area contributed by atoms with Gasteiger partial charge in [0.25, 0.3) is 5.91 Å². The highest BCUT2D eigenvalue weighted by molar-refractivity contribution is 7.89. The number of halogens is 1. The molecular weight excluding hydrogens is 469 g/mol. The van der Waals surface area contributed by atoms with E-state index in [2.05, 4.69) is 15.6 Å². The number of aromatic nitrogens is 3. The summed E-state index contributed by atoms with van der Waals surface area (Å²) in [7, 11) is -4.01. The molecule has 5 rings (SSSR count). The van der Waals surface area contributed by atoms with Gasteiger partial charge >= 0.3 is 0 Å². The maximum Gasteiger partial charge on any atom is 0.276 e. The molecule has 174 valence electrons. The van der Waals surface area contributed by atoms with Crippen LogP contribution in [-0.4, -0.2) is 29.3 Å². The van der Waals surface area contributed by atoms with Crippen molar-refractivity contribution in [2.45, 2.75) is 4.90 Å². The molecule has 0 radical (unpaired) electrons. The molecule has 0 aliphatic heterocycles. The van der Waals surface area contributed by atoms with Gasteiger partial charge in [-0.3, -0.25) is 4.79 Å². The van der Waals surface area contributed by atoms with E-state index in [1.165, 1.54) is 41.2 Å². The van der Waals surface area contributed by atoms with Crippen molar-refractivity contribution >= 4 is 32.4 Å². The first-order valence-corrected chi connectivity index (χ1v) is 12.0. The molecule has 10 heteroatoms. The van der Waals surface area contributed by atoms with Crippen molar-refractivity contribution in [1.29, 1.82) is 0 Å². The van der Waals surface area contributed by atoms with Gasteiger partial charge in [-0.1, -0.05) is 59.8 Å². The van der Waals surface area contributed by atoms with Crippen molar-refractivity contribution in [2.75, 3.05) is 5.32 Å². The van der Waals surface area contributed by atoms with E-state index in [-0.39, 0.29) is 21.8 Å². The molecule has 4 aromatic carbocycles. The summed E-state index contributed by atoms with van der Waals surface area (Å²) in [5, 5.41) is 17.7. The Morgan fingerprint density at radius 1 is 0.914 bits per heavy atom. The lowest BCUT2D eigenvalue weighted by molar-refractivity contribution is 0.101. The fourth-order valence-corrected chi connectivity index (χ4v) is 4.57. The molecule has 5 aromatic rings. The normalized spacial score (nSPS) is 11.5. The summed E-state index contributed by atoms with van der Waals surface area (Å²) in [5.74, 6) is -1.36. The molecule has 0 saturated carbocycles. The lowest BCUT2D eigenvalue weighted by Gasteiger charge is -2.11. The second-order valence-electron chi connectivity index (χ2n) is 7.75. The van der Waals surface area contributed by atoms with Crippen molar-refractivity contribution in [2.24, 2.45) is 5.14 Å². The average Bonchev–Trinajstić information content (AvgIpc) is 3.35. The third-order valence-electron chi connectivity index (χ3n) is 5.48. The van der Waals surface area contributed by atoms with Crippen LogP contribution in [0.1, 0.15) is 10.5 Å². The number of anilines is 1. The van der Waals surface area contributed by atoms with Gasteiger partial charge in [-0.25, -0.2) is 22.6 Å². The van der Waals surface area contributed by atoms with Crippen LogP contribution >= 0.6 is 0 Å². The molecule has 0 bridgehead atoms. The third kappa shape index (κ3) is 4.39. The van der Waals surface area contributed by atoms with Crippen LogP contribution in [0.4, 0.5) is 10.1 Å². The van der Waals surface area contributed by atoms with E-state index < -0.39 is 21.7 Å². The number of carbonyl (C=O) groups is 1. The van der Waals surface area contributed by atoms with E-state index in [1.807, 2.05) is 42.5 Å². The number of benzene rings is 4. The SMILES string of the molecule is NS(=O)(=O)c1ccccc1-c1ccc(NC(=O)c2cnnn2-c2ccc3ccccc3c2)c(F)c1. The largest absolute Gasteiger partial charge is 0.318 e. The van der Waals surface area contributed by atoms with E-state index in [0.29, 0.717) is 11.3 Å². The van der Waals surface area contributed by atoms with Crippen molar-refractivity contribution in [3.8, 4) is 16.8 Å². The van der Waals surface area contributed by atoms with Gasteiger partial charge in [0.15, 0.2) is 5.69 Å². The van der Waals surface area contributed by atoms with Crippen LogP contribution in [0.5, 0.6) is 0 Å². The van der Waals surface area contributed by atoms with Gasteiger partial charge in [0, 0.05) is 5.56 Å². The molecule has 1 aromatic heterocycles. The zero-order valence-electron chi connectivity index (χ0n) is 18.1. The monoisotopic (exact) mass is 487 g/mol. The lowest BCUT2D eigenvalue weighted by Crippen LogP contribution is -2.17. The Bertz CT molecular complexity index is 1700. The molecular formula is C25H18FN5O3S. The van der Waals surface area contributed by atoms with Crippen LogP contribution in [0.3, 0.4) is 0 Å². The van der Waals surface area contributed by atoms with E-state index in [1.54, 1.807) is 6.07 Å². The number of nitrogens with one attached hydrogen (secondary N) is 1. The molecule has 3 N–H and O–H groups in total. The van der Waals surface area contributed by atoms with Gasteiger partial charge in [0.2, 0.25) is 10.0 Å². The standard InChI is InChI=1S/C25H18FN5O3S/c26-21-14-18(20-7-3-4-8-24(20)35(27,33)34)10-12-22(21)29-25(32)23-15-28-30-31(23)19-11-9-16-5-1-2-6-17(16)13-19/h1-15H,(H,29,32)(H2,27,33,34). The molecule has 0 aliphatic carbocycles. The zero-order chi connectivity index (χ0) is 24.6. The Morgan fingerprint density at radius 3 is 2.43 bits per heavy atom. The van der Waals surface area contributed by atoms with Crippen molar-refractivity contribution in [1.82, 2.24) is 15.0 Å². The average molecular weight is 488 g/mol. The first kappa shape index (κ1) is 22.4. The summed E-state index contributed by atoms with van der Waals surface area (Å²) in [4.78, 5) is 12.8. The number of rotatable bonds is 5. The van der Waals surface area contributed by atoms with Gasteiger partial charge in [0.1, 0.15) is 5.82 Å². The van der Waals surface area contributed by atoms with Gasteiger partial charge in [-0.2, -0.15) is 0 Å². The molecule has 1 heterocycles. The molecule has 1 amide bonds. The minimum Gasteiger partial charge on any atom is -0.318 e. The summed E-state index contributed by atoms with van der Waals surface area (Å²) in [6, 6.07) is 23.4.